The van der Waals surface area contributed by atoms with E-state index in [9.17, 15) is 10.1 Å². The van der Waals surface area contributed by atoms with Crippen LogP contribution >= 0.6 is 23.2 Å². The zero-order valence-corrected chi connectivity index (χ0v) is 11.6. The Kier molecular flexibility index (Phi) is 4.19. The summed E-state index contributed by atoms with van der Waals surface area (Å²) in [5.41, 5.74) is -0.564. The second kappa shape index (κ2) is 5.35. The van der Waals surface area contributed by atoms with Crippen LogP contribution in [0.4, 0.5) is 0 Å². The molecule has 2 rings (SSSR count). The van der Waals surface area contributed by atoms with Crippen LogP contribution in [0.5, 0.6) is 0 Å². The predicted molar refractivity (Wildman–Crippen MR) is 72.8 cm³/mol. The number of nitrogens with zero attached hydrogens (tertiary/aromatic N) is 2. The minimum Gasteiger partial charge on any atom is -0.437 e. The summed E-state index contributed by atoms with van der Waals surface area (Å²) in [5.74, 6) is 0. The van der Waals surface area contributed by atoms with Crippen molar-refractivity contribution in [1.29, 1.82) is 0 Å². The maximum atomic E-state index is 10.6. The Bertz CT molecular complexity index is 437. The van der Waals surface area contributed by atoms with Gasteiger partial charge in [0.2, 0.25) is 0 Å². The largest absolute Gasteiger partial charge is 0.437 e. The number of aliphatic hydroxyl groups is 1. The molecule has 0 aliphatic carbocycles. The van der Waals surface area contributed by atoms with E-state index >= 15 is 0 Å². The number of hydrogen-bond donors (Lipinski definition) is 2. The van der Waals surface area contributed by atoms with Crippen molar-refractivity contribution in [3.8, 4) is 0 Å². The van der Waals surface area contributed by atoms with Gasteiger partial charge in [-0.2, -0.15) is 0 Å². The lowest BCUT2D eigenvalue weighted by atomic mass is 9.78. The average Bonchev–Trinajstić information content (AvgIpc) is 2.29. The van der Waals surface area contributed by atoms with E-state index in [1.807, 2.05) is 4.81 Å². The first-order chi connectivity index (χ1) is 8.42. The van der Waals surface area contributed by atoms with Gasteiger partial charge in [0.1, 0.15) is 5.60 Å². The lowest BCUT2D eigenvalue weighted by molar-refractivity contribution is -0.0163. The second-order valence-corrected chi connectivity index (χ2v) is 5.53. The van der Waals surface area contributed by atoms with Crippen molar-refractivity contribution in [3.05, 3.63) is 28.0 Å². The molecule has 2 heterocycles. The summed E-state index contributed by atoms with van der Waals surface area (Å²) in [6, 6.07) is 1.59. The van der Waals surface area contributed by atoms with Crippen molar-refractivity contribution in [1.82, 2.24) is 9.79 Å². The molecule has 0 aromatic carbocycles. The zero-order chi connectivity index (χ0) is 13.3. The minimum absolute atomic E-state index is 0.385. The van der Waals surface area contributed by atoms with Gasteiger partial charge in [0.05, 0.1) is 15.7 Å². The van der Waals surface area contributed by atoms with Crippen LogP contribution in [-0.4, -0.2) is 40.1 Å². The highest BCUT2D eigenvalue weighted by molar-refractivity contribution is 6.45. The fraction of sp³-hybridized carbons (Fsp3) is 0.545. The monoisotopic (exact) mass is 288 g/mol. The summed E-state index contributed by atoms with van der Waals surface area (Å²) < 4.78 is 0. The smallest absolute Gasteiger partial charge is 0.376 e. The SMILES string of the molecule is CB(O)N1CCC(O)(c2ncc(Cl)cc2Cl)CC1. The van der Waals surface area contributed by atoms with E-state index < -0.39 is 12.7 Å². The summed E-state index contributed by atoms with van der Waals surface area (Å²) in [4.78, 5) is 6.05. The molecule has 98 valence electrons. The number of halogens is 2. The summed E-state index contributed by atoms with van der Waals surface area (Å²) in [6.45, 7) is 2.93. The maximum absolute atomic E-state index is 10.6. The quantitative estimate of drug-likeness (QED) is 0.815. The normalized spacial score (nSPS) is 19.8. The van der Waals surface area contributed by atoms with Gasteiger partial charge in [-0.15, -0.1) is 0 Å². The Morgan fingerprint density at radius 1 is 1.39 bits per heavy atom. The number of rotatable bonds is 2. The summed E-state index contributed by atoms with van der Waals surface area (Å²) in [7, 11) is -0.497. The molecule has 0 unspecified atom stereocenters. The Balaban J connectivity index is 2.18. The predicted octanol–water partition coefficient (Wildman–Crippen LogP) is 1.78. The van der Waals surface area contributed by atoms with Crippen LogP contribution in [0.2, 0.25) is 16.9 Å². The second-order valence-electron chi connectivity index (χ2n) is 4.68. The van der Waals surface area contributed by atoms with Crippen LogP contribution in [0.1, 0.15) is 18.5 Å². The number of hydrogen-bond acceptors (Lipinski definition) is 4. The molecule has 18 heavy (non-hydrogen) atoms. The molecule has 1 aromatic heterocycles. The van der Waals surface area contributed by atoms with Gasteiger partial charge in [0, 0.05) is 6.20 Å². The van der Waals surface area contributed by atoms with E-state index in [2.05, 4.69) is 4.98 Å². The Morgan fingerprint density at radius 3 is 2.50 bits per heavy atom. The van der Waals surface area contributed by atoms with E-state index in [1.54, 1.807) is 12.9 Å². The molecule has 2 N–H and O–H groups in total. The van der Waals surface area contributed by atoms with Crippen molar-refractivity contribution in [3.63, 3.8) is 0 Å². The first kappa shape index (κ1) is 14.1. The molecule has 0 amide bonds. The molecule has 0 saturated carbocycles. The number of pyridine rings is 1. The van der Waals surface area contributed by atoms with Crippen molar-refractivity contribution in [2.75, 3.05) is 13.1 Å². The summed E-state index contributed by atoms with van der Waals surface area (Å²) >= 11 is 11.9. The topological polar surface area (TPSA) is 56.6 Å². The zero-order valence-electron chi connectivity index (χ0n) is 10.1. The van der Waals surface area contributed by atoms with Crippen molar-refractivity contribution in [2.45, 2.75) is 25.3 Å². The molecule has 1 aromatic rings. The highest BCUT2D eigenvalue weighted by Gasteiger charge is 2.38. The van der Waals surface area contributed by atoms with Gasteiger partial charge < -0.3 is 14.9 Å². The van der Waals surface area contributed by atoms with E-state index in [0.29, 0.717) is 41.7 Å². The first-order valence-corrected chi connectivity index (χ1v) is 6.64. The molecule has 4 nitrogen and oxygen atoms in total. The molecule has 0 radical (unpaired) electrons. The number of piperidine rings is 1. The van der Waals surface area contributed by atoms with Gasteiger partial charge in [-0.3, -0.25) is 4.98 Å². The molecule has 1 saturated heterocycles. The third-order valence-corrected chi connectivity index (χ3v) is 3.90. The van der Waals surface area contributed by atoms with Gasteiger partial charge in [-0.05, 0) is 38.8 Å². The molecular formula is C11H15BCl2N2O2. The maximum Gasteiger partial charge on any atom is 0.376 e. The van der Waals surface area contributed by atoms with Crippen LogP contribution in [0.15, 0.2) is 12.3 Å². The van der Waals surface area contributed by atoms with Crippen molar-refractivity contribution in [2.24, 2.45) is 0 Å². The summed E-state index contributed by atoms with van der Waals surface area (Å²) in [5, 5.41) is 20.9. The molecule has 1 fully saturated rings. The van der Waals surface area contributed by atoms with Crippen molar-refractivity contribution < 1.29 is 10.1 Å². The van der Waals surface area contributed by atoms with E-state index in [0.717, 1.165) is 0 Å². The van der Waals surface area contributed by atoms with Crippen LogP contribution < -0.4 is 0 Å². The summed E-state index contributed by atoms with van der Waals surface area (Å²) in [6.07, 6.45) is 2.47. The molecule has 1 aliphatic rings. The minimum atomic E-state index is -1.03. The van der Waals surface area contributed by atoms with Crippen LogP contribution in [0.25, 0.3) is 0 Å². The Labute approximate surface area is 117 Å². The number of aromatic nitrogens is 1. The fourth-order valence-corrected chi connectivity index (χ4v) is 2.82. The average molecular weight is 289 g/mol. The van der Waals surface area contributed by atoms with Gasteiger partial charge in [0.15, 0.2) is 0 Å². The van der Waals surface area contributed by atoms with E-state index in [4.69, 9.17) is 23.2 Å². The van der Waals surface area contributed by atoms with Crippen LogP contribution in [0, 0.1) is 0 Å². The molecule has 7 heteroatoms. The standard InChI is InChI=1S/C11H15BCl2N2O2/c1-12(18)16-4-2-11(17,3-5-16)10-9(14)6-8(13)7-15-10/h6-7,17-18H,2-5H2,1H3. The molecular weight excluding hydrogens is 274 g/mol. The van der Waals surface area contributed by atoms with Gasteiger partial charge in [-0.25, -0.2) is 0 Å². The molecule has 0 bridgehead atoms. The highest BCUT2D eigenvalue weighted by Crippen LogP contribution is 2.36. The van der Waals surface area contributed by atoms with Gasteiger partial charge in [-0.1, -0.05) is 23.2 Å². The van der Waals surface area contributed by atoms with Crippen LogP contribution in [0.3, 0.4) is 0 Å². The third kappa shape index (κ3) is 2.81. The fourth-order valence-electron chi connectivity index (χ4n) is 2.26. The first-order valence-electron chi connectivity index (χ1n) is 5.88. The van der Waals surface area contributed by atoms with E-state index in [1.165, 1.54) is 6.20 Å². The highest BCUT2D eigenvalue weighted by atomic mass is 35.5. The third-order valence-electron chi connectivity index (χ3n) is 3.40. The lowest BCUT2D eigenvalue weighted by Crippen LogP contribution is -2.48. The Morgan fingerprint density at radius 2 is 2.00 bits per heavy atom. The molecule has 0 atom stereocenters. The van der Waals surface area contributed by atoms with Crippen LogP contribution in [-0.2, 0) is 5.60 Å². The van der Waals surface area contributed by atoms with Gasteiger partial charge in [0.25, 0.3) is 0 Å². The Hall–Kier alpha value is -0.325. The lowest BCUT2D eigenvalue weighted by Gasteiger charge is -2.38. The molecule has 0 spiro atoms. The van der Waals surface area contributed by atoms with Gasteiger partial charge >= 0.3 is 7.05 Å². The van der Waals surface area contributed by atoms with E-state index in [-0.39, 0.29) is 0 Å². The van der Waals surface area contributed by atoms with Crippen molar-refractivity contribution >= 4 is 30.3 Å². The molecule has 1 aliphatic heterocycles.